The van der Waals surface area contributed by atoms with Crippen LogP contribution in [0, 0.1) is 55.4 Å². The molecule has 0 bridgehead atoms. The number of hydrogen-bond acceptors (Lipinski definition) is 4. The van der Waals surface area contributed by atoms with Gasteiger partial charge in [-0.3, -0.25) is 0 Å². The summed E-state index contributed by atoms with van der Waals surface area (Å²) < 4.78 is 0. The molecule has 12 aromatic rings. The van der Waals surface area contributed by atoms with E-state index in [4.69, 9.17) is 0 Å². The maximum atomic E-state index is 11.9. The zero-order chi connectivity index (χ0) is 59.2. The normalized spacial score (nSPS) is 11.5. The third-order valence-corrected chi connectivity index (χ3v) is 17.1. The van der Waals surface area contributed by atoms with Gasteiger partial charge in [0.15, 0.2) is 0 Å². The van der Waals surface area contributed by atoms with Gasteiger partial charge in [0.25, 0.3) is 0 Å². The van der Waals surface area contributed by atoms with Crippen LogP contribution in [-0.4, -0.2) is 44.3 Å². The number of aromatic carboxylic acids is 4. The average molecular weight is 1100 g/mol. The van der Waals surface area contributed by atoms with Gasteiger partial charge in [-0.2, -0.15) is 0 Å². The lowest BCUT2D eigenvalue weighted by molar-refractivity contribution is 0.0686. The van der Waals surface area contributed by atoms with Crippen LogP contribution in [-0.2, 0) is 0 Å². The SMILES string of the molecule is Cc1cc(-c2cc(-c3cc(C)c(-c4ccc(C(=O)O)cc4)cc3C)c3ccc4c(-c5cc(C)c(-c6ccc(C(=O)O)cc6)cc5C)cc(-c5cc(C)c(-c6ccc(C(=O)O)cc6)cc5C)c5ccc2c3c54)c(C)cc1-c1ccc(C(=O)O)cc1. The molecule has 0 saturated heterocycles. The summed E-state index contributed by atoms with van der Waals surface area (Å²) in [4.78, 5) is 47.4. The van der Waals surface area contributed by atoms with E-state index in [1.165, 1.54) is 0 Å². The van der Waals surface area contributed by atoms with Crippen molar-refractivity contribution < 1.29 is 39.6 Å². The monoisotopic (exact) mass is 1100 g/mol. The zero-order valence-corrected chi connectivity index (χ0v) is 47.7. The number of carboxylic acids is 4. The summed E-state index contributed by atoms with van der Waals surface area (Å²) >= 11 is 0. The van der Waals surface area contributed by atoms with Gasteiger partial charge in [-0.1, -0.05) is 121 Å². The molecule has 8 heteroatoms. The van der Waals surface area contributed by atoms with E-state index in [0.29, 0.717) is 0 Å². The molecule has 12 aromatic carbocycles. The lowest BCUT2D eigenvalue weighted by Crippen LogP contribution is -1.99. The summed E-state index contributed by atoms with van der Waals surface area (Å²) in [5.74, 6) is -3.89. The Labute approximate surface area is 486 Å². The van der Waals surface area contributed by atoms with Gasteiger partial charge in [-0.15, -0.1) is 0 Å². The third kappa shape index (κ3) is 9.32. The Bertz CT molecular complexity index is 4160. The molecule has 12 rings (SSSR count). The Morgan fingerprint density at radius 3 is 0.560 bits per heavy atom. The largest absolute Gasteiger partial charge is 0.478 e. The van der Waals surface area contributed by atoms with Crippen LogP contribution in [0.15, 0.2) is 182 Å². The standard InChI is InChI=1S/C76H58O8/c1-39-33-63(43(5)29-59(39)47-9-17-51(18-10-47)73(77)78)67-37-68(64-34-40(2)60(30-44(64)6)48-11-19-52(20-12-48)74(79)80)56-27-28-58-70(66-36-42(4)62(32-46(66)8)50-15-23-54(24-16-50)76(83)84)38-69(57-26-25-55(67)71(56)72(57)58)65-35-41(3)61(31-45(65)7)49-13-21-53(22-14-49)75(81)82/h9-38H,1-8H3,(H,77,78)(H,79,80)(H,81,82)(H,83,84). The van der Waals surface area contributed by atoms with Crippen LogP contribution in [0.3, 0.4) is 0 Å². The van der Waals surface area contributed by atoms with Gasteiger partial charge in [-0.25, -0.2) is 19.2 Å². The summed E-state index contributed by atoms with van der Waals surface area (Å²) in [5.41, 5.74) is 25.6. The van der Waals surface area contributed by atoms with Gasteiger partial charge in [0.05, 0.1) is 22.3 Å². The van der Waals surface area contributed by atoms with Gasteiger partial charge >= 0.3 is 23.9 Å². The molecule has 0 unspecified atom stereocenters. The summed E-state index contributed by atoms with van der Waals surface area (Å²) in [5, 5.41) is 45.4. The first kappa shape index (κ1) is 54.2. The number of hydrogen-bond donors (Lipinski definition) is 4. The Balaban J connectivity index is 1.16. The van der Waals surface area contributed by atoms with E-state index >= 15 is 0 Å². The second kappa shape index (κ2) is 20.8. The Morgan fingerprint density at radius 1 is 0.214 bits per heavy atom. The smallest absolute Gasteiger partial charge is 0.335 e. The van der Waals surface area contributed by atoms with E-state index in [1.54, 1.807) is 48.5 Å². The highest BCUT2D eigenvalue weighted by Crippen LogP contribution is 2.51. The molecular formula is C76H58O8. The molecule has 84 heavy (non-hydrogen) atoms. The first-order chi connectivity index (χ1) is 40.2. The molecule has 8 nitrogen and oxygen atoms in total. The molecule has 0 amide bonds. The van der Waals surface area contributed by atoms with Crippen LogP contribution in [0.25, 0.3) is 121 Å². The molecule has 0 radical (unpaired) electrons. The molecule has 0 fully saturated rings. The first-order valence-corrected chi connectivity index (χ1v) is 27.8. The van der Waals surface area contributed by atoms with Crippen molar-refractivity contribution in [3.8, 4) is 89.0 Å². The van der Waals surface area contributed by atoms with Crippen molar-refractivity contribution in [1.29, 1.82) is 0 Å². The summed E-state index contributed by atoms with van der Waals surface area (Å²) in [6, 6.07) is 59.8. The fourth-order valence-corrected chi connectivity index (χ4v) is 12.7. The lowest BCUT2D eigenvalue weighted by atomic mass is 9.79. The van der Waals surface area contributed by atoms with Crippen molar-refractivity contribution in [2.24, 2.45) is 0 Å². The predicted molar refractivity (Wildman–Crippen MR) is 339 cm³/mol. The van der Waals surface area contributed by atoms with Gasteiger partial charge in [-0.05, 0) is 282 Å². The molecule has 0 spiro atoms. The van der Waals surface area contributed by atoms with Crippen molar-refractivity contribution in [2.45, 2.75) is 55.4 Å². The number of carbonyl (C=O) groups is 4. The third-order valence-electron chi connectivity index (χ3n) is 17.1. The highest BCUT2D eigenvalue weighted by molar-refractivity contribution is 6.32. The molecule has 4 N–H and O–H groups in total. The summed E-state index contributed by atoms with van der Waals surface area (Å²) in [7, 11) is 0. The average Bonchev–Trinajstić information content (AvgIpc) is 1.04. The minimum Gasteiger partial charge on any atom is -0.478 e. The number of aryl methyl sites for hydroxylation is 8. The van der Waals surface area contributed by atoms with Crippen molar-refractivity contribution in [3.63, 3.8) is 0 Å². The van der Waals surface area contributed by atoms with Gasteiger partial charge in [0.1, 0.15) is 0 Å². The van der Waals surface area contributed by atoms with Crippen LogP contribution >= 0.6 is 0 Å². The van der Waals surface area contributed by atoms with Gasteiger partial charge in [0, 0.05) is 0 Å². The molecule has 0 saturated carbocycles. The van der Waals surface area contributed by atoms with Crippen LogP contribution in [0.4, 0.5) is 0 Å². The van der Waals surface area contributed by atoms with Crippen molar-refractivity contribution >= 4 is 56.2 Å². The fourth-order valence-electron chi connectivity index (χ4n) is 12.7. The molecule has 0 aromatic heterocycles. The Morgan fingerprint density at radius 2 is 0.381 bits per heavy atom. The van der Waals surface area contributed by atoms with Crippen molar-refractivity contribution in [3.05, 3.63) is 249 Å². The molecule has 0 aliphatic rings. The maximum absolute atomic E-state index is 11.9. The lowest BCUT2D eigenvalue weighted by Gasteiger charge is -2.24. The molecular weight excluding hydrogens is 1040 g/mol. The molecule has 410 valence electrons. The van der Waals surface area contributed by atoms with E-state index in [1.807, 2.05) is 48.5 Å². The molecule has 0 atom stereocenters. The van der Waals surface area contributed by atoms with Crippen molar-refractivity contribution in [2.75, 3.05) is 0 Å². The highest BCUT2D eigenvalue weighted by Gasteiger charge is 2.25. The first-order valence-electron chi connectivity index (χ1n) is 27.8. The van der Waals surface area contributed by atoms with E-state index in [0.717, 1.165) is 166 Å². The zero-order valence-electron chi connectivity index (χ0n) is 47.7. The van der Waals surface area contributed by atoms with E-state index in [-0.39, 0.29) is 22.3 Å². The maximum Gasteiger partial charge on any atom is 0.335 e. The Kier molecular flexibility index (Phi) is 13.4. The van der Waals surface area contributed by atoms with Gasteiger partial charge < -0.3 is 20.4 Å². The Hall–Kier alpha value is -10.4. The summed E-state index contributed by atoms with van der Waals surface area (Å²) in [6.45, 7) is 17.0. The minimum absolute atomic E-state index is 0.228. The minimum atomic E-state index is -0.973. The quantitative estimate of drug-likeness (QED) is 0.0884. The van der Waals surface area contributed by atoms with E-state index < -0.39 is 23.9 Å². The van der Waals surface area contributed by atoms with Crippen LogP contribution < -0.4 is 0 Å². The topological polar surface area (TPSA) is 149 Å². The predicted octanol–water partition coefficient (Wildman–Crippen LogP) is 19.2. The van der Waals surface area contributed by atoms with E-state index in [2.05, 4.69) is 140 Å². The van der Waals surface area contributed by atoms with Crippen LogP contribution in [0.1, 0.15) is 85.9 Å². The molecule has 0 aliphatic carbocycles. The van der Waals surface area contributed by atoms with Crippen LogP contribution in [0.2, 0.25) is 0 Å². The highest BCUT2D eigenvalue weighted by atomic mass is 16.4. The molecule has 0 heterocycles. The van der Waals surface area contributed by atoms with E-state index in [9.17, 15) is 39.6 Å². The number of carboxylic acid groups (broad SMARTS) is 4. The second-order valence-electron chi connectivity index (χ2n) is 22.5. The van der Waals surface area contributed by atoms with Crippen LogP contribution in [0.5, 0.6) is 0 Å². The van der Waals surface area contributed by atoms with Gasteiger partial charge in [0.2, 0.25) is 0 Å². The van der Waals surface area contributed by atoms with Crippen molar-refractivity contribution in [1.82, 2.24) is 0 Å². The number of rotatable bonds is 12. The fraction of sp³-hybridized carbons (Fsp3) is 0.105. The number of benzene rings is 12. The summed E-state index contributed by atoms with van der Waals surface area (Å²) in [6.07, 6.45) is 0. The second-order valence-corrected chi connectivity index (χ2v) is 22.5. The molecule has 0 aliphatic heterocycles.